The molecule has 182 valence electrons. The van der Waals surface area contributed by atoms with Crippen LogP contribution in [0.1, 0.15) is 56.1 Å². The van der Waals surface area contributed by atoms with Gasteiger partial charge < -0.3 is 20.1 Å². The smallest absolute Gasteiger partial charge is 0.407 e. The van der Waals surface area contributed by atoms with Crippen LogP contribution in [0.2, 0.25) is 0 Å². The van der Waals surface area contributed by atoms with Crippen LogP contribution in [-0.4, -0.2) is 52.7 Å². The first-order chi connectivity index (χ1) is 16.8. The second kappa shape index (κ2) is 7.83. The lowest BCUT2D eigenvalue weighted by Crippen LogP contribution is -2.61. The Labute approximate surface area is 204 Å². The molecule has 7 nitrogen and oxygen atoms in total. The van der Waals surface area contributed by atoms with Crippen molar-refractivity contribution in [2.24, 2.45) is 11.3 Å². The van der Waals surface area contributed by atoms with Gasteiger partial charge in [0.1, 0.15) is 18.2 Å². The van der Waals surface area contributed by atoms with Gasteiger partial charge in [0.25, 0.3) is 0 Å². The molecule has 2 saturated carbocycles. The predicted molar refractivity (Wildman–Crippen MR) is 129 cm³/mol. The largest absolute Gasteiger partial charge is 0.479 e. The molecule has 2 amide bonds. The van der Waals surface area contributed by atoms with Gasteiger partial charge in [-0.25, -0.2) is 9.59 Å². The Bertz CT molecular complexity index is 1170. The number of ether oxygens (including phenoxy) is 1. The number of hydrogen-bond donors (Lipinski definition) is 2. The molecule has 0 spiro atoms. The third-order valence-corrected chi connectivity index (χ3v) is 8.66. The van der Waals surface area contributed by atoms with E-state index in [1.54, 1.807) is 0 Å². The number of hydrogen-bond acceptors (Lipinski definition) is 4. The molecule has 5 aliphatic rings. The third-order valence-electron chi connectivity index (χ3n) is 8.66. The zero-order valence-corrected chi connectivity index (χ0v) is 19.8. The molecule has 3 aliphatic carbocycles. The summed E-state index contributed by atoms with van der Waals surface area (Å²) in [5.41, 5.74) is 3.28. The van der Waals surface area contributed by atoms with E-state index in [9.17, 15) is 19.5 Å². The van der Waals surface area contributed by atoms with Crippen molar-refractivity contribution < 1.29 is 24.2 Å². The van der Waals surface area contributed by atoms with E-state index >= 15 is 0 Å². The number of rotatable bonds is 6. The van der Waals surface area contributed by atoms with Crippen LogP contribution in [0, 0.1) is 11.3 Å². The number of nitrogens with one attached hydrogen (secondary N) is 1. The maximum atomic E-state index is 13.6. The lowest BCUT2D eigenvalue weighted by atomic mass is 9.63. The van der Waals surface area contributed by atoms with Gasteiger partial charge in [0.15, 0.2) is 0 Å². The Morgan fingerprint density at radius 3 is 2.20 bits per heavy atom. The quantitative estimate of drug-likeness (QED) is 0.656. The Kier molecular flexibility index (Phi) is 4.95. The first kappa shape index (κ1) is 22.1. The summed E-state index contributed by atoms with van der Waals surface area (Å²) in [6, 6.07) is 15.5. The summed E-state index contributed by atoms with van der Waals surface area (Å²) in [7, 11) is 0. The molecule has 0 radical (unpaired) electrons. The summed E-state index contributed by atoms with van der Waals surface area (Å²) in [6.07, 6.45) is 3.01. The van der Waals surface area contributed by atoms with Crippen molar-refractivity contribution in [3.8, 4) is 11.1 Å². The van der Waals surface area contributed by atoms with E-state index in [0.717, 1.165) is 41.5 Å². The zero-order chi connectivity index (χ0) is 24.4. The second-order valence-corrected chi connectivity index (χ2v) is 11.1. The van der Waals surface area contributed by atoms with Crippen LogP contribution in [0.25, 0.3) is 11.1 Å². The lowest BCUT2D eigenvalue weighted by Gasteiger charge is -2.44. The number of nitrogens with zero attached hydrogens (tertiary/aromatic N) is 1. The monoisotopic (exact) mass is 474 g/mol. The number of carbonyl (C=O) groups excluding carboxylic acids is 2. The molecule has 35 heavy (non-hydrogen) atoms. The molecule has 2 bridgehead atoms. The molecule has 2 aromatic carbocycles. The van der Waals surface area contributed by atoms with Gasteiger partial charge in [-0.1, -0.05) is 61.9 Å². The molecule has 2 saturated heterocycles. The van der Waals surface area contributed by atoms with Crippen LogP contribution in [0.3, 0.4) is 0 Å². The van der Waals surface area contributed by atoms with Crippen molar-refractivity contribution in [1.29, 1.82) is 0 Å². The fourth-order valence-electron chi connectivity index (χ4n) is 6.84. The van der Waals surface area contributed by atoms with E-state index in [4.69, 9.17) is 4.74 Å². The normalized spacial score (nSPS) is 27.3. The van der Waals surface area contributed by atoms with E-state index < -0.39 is 23.6 Å². The Morgan fingerprint density at radius 2 is 1.66 bits per heavy atom. The standard InChI is InChI=1S/C28H30N2O5/c1-27-14-28(15-27,25(32)33)30(16-27)24(31)23(17-7-6-8-17)29-26(34)35-13-22-20-11-4-2-9-18(20)19-10-3-5-12-21(19)22/h2-5,9-12,17,22-23H,6-8,13-16H2,1H3,(H,29,34)(H,32,33). The van der Waals surface area contributed by atoms with Gasteiger partial charge in [0.05, 0.1) is 0 Å². The first-order valence-electron chi connectivity index (χ1n) is 12.5. The van der Waals surface area contributed by atoms with Crippen molar-refractivity contribution in [2.45, 2.75) is 56.5 Å². The molecule has 2 N–H and O–H groups in total. The van der Waals surface area contributed by atoms with Gasteiger partial charge in [-0.2, -0.15) is 0 Å². The van der Waals surface area contributed by atoms with Gasteiger partial charge in [0.2, 0.25) is 5.91 Å². The third kappa shape index (κ3) is 3.35. The number of benzene rings is 2. The van der Waals surface area contributed by atoms with Crippen molar-refractivity contribution in [1.82, 2.24) is 10.2 Å². The van der Waals surface area contributed by atoms with Crippen LogP contribution in [0.15, 0.2) is 48.5 Å². The lowest BCUT2D eigenvalue weighted by molar-refractivity contribution is -0.161. The highest BCUT2D eigenvalue weighted by Gasteiger charge is 2.69. The molecular weight excluding hydrogens is 444 g/mol. The van der Waals surface area contributed by atoms with Crippen LogP contribution < -0.4 is 5.32 Å². The van der Waals surface area contributed by atoms with Crippen molar-refractivity contribution in [3.63, 3.8) is 0 Å². The minimum Gasteiger partial charge on any atom is -0.479 e. The van der Waals surface area contributed by atoms with Crippen LogP contribution in [0.4, 0.5) is 4.79 Å². The summed E-state index contributed by atoms with van der Waals surface area (Å²) >= 11 is 0. The summed E-state index contributed by atoms with van der Waals surface area (Å²) in [5, 5.41) is 12.7. The highest BCUT2D eigenvalue weighted by atomic mass is 16.5. The molecular formula is C28H30N2O5. The fourth-order valence-corrected chi connectivity index (χ4v) is 6.84. The Balaban J connectivity index is 1.17. The van der Waals surface area contributed by atoms with Crippen LogP contribution >= 0.6 is 0 Å². The molecule has 4 fully saturated rings. The molecule has 2 heterocycles. The number of alkyl carbamates (subject to hydrolysis) is 1. The minimum atomic E-state index is -1.13. The summed E-state index contributed by atoms with van der Waals surface area (Å²) < 4.78 is 5.69. The Hall–Kier alpha value is -3.35. The molecule has 0 aromatic heterocycles. The Morgan fingerprint density at radius 1 is 1.06 bits per heavy atom. The van der Waals surface area contributed by atoms with Gasteiger partial charge in [0, 0.05) is 12.5 Å². The predicted octanol–water partition coefficient (Wildman–Crippen LogP) is 4.16. The highest BCUT2D eigenvalue weighted by Crippen LogP contribution is 2.59. The maximum absolute atomic E-state index is 13.6. The van der Waals surface area contributed by atoms with Crippen LogP contribution in [0.5, 0.6) is 0 Å². The molecule has 1 unspecified atom stereocenters. The summed E-state index contributed by atoms with van der Waals surface area (Å²) in [6.45, 7) is 2.62. The van der Waals surface area contributed by atoms with E-state index in [1.165, 1.54) is 4.90 Å². The van der Waals surface area contributed by atoms with Gasteiger partial charge >= 0.3 is 12.1 Å². The molecule has 2 aliphatic heterocycles. The number of aliphatic carboxylic acids is 1. The number of carbonyl (C=O) groups is 3. The SMILES string of the molecule is CC12CN(C(=O)C(NC(=O)OCC3c4ccccc4-c4ccccc43)C3CCC3)C(C(=O)O)(C1)C2. The van der Waals surface area contributed by atoms with Gasteiger partial charge in [-0.15, -0.1) is 0 Å². The number of carboxylic acids is 1. The van der Waals surface area contributed by atoms with Crippen molar-refractivity contribution in [3.05, 3.63) is 59.7 Å². The van der Waals surface area contributed by atoms with E-state index in [2.05, 4.69) is 29.6 Å². The highest BCUT2D eigenvalue weighted by molar-refractivity contribution is 5.94. The fraction of sp³-hybridized carbons (Fsp3) is 0.464. The van der Waals surface area contributed by atoms with Crippen molar-refractivity contribution in [2.75, 3.05) is 13.2 Å². The first-order valence-corrected chi connectivity index (χ1v) is 12.5. The minimum absolute atomic E-state index is 0.0134. The number of carboxylic acid groups (broad SMARTS) is 1. The average molecular weight is 475 g/mol. The van der Waals surface area contributed by atoms with E-state index in [0.29, 0.717) is 19.4 Å². The summed E-state index contributed by atoms with van der Waals surface area (Å²) in [4.78, 5) is 40.1. The topological polar surface area (TPSA) is 95.9 Å². The van der Waals surface area contributed by atoms with E-state index in [-0.39, 0.29) is 29.8 Å². The zero-order valence-electron chi connectivity index (χ0n) is 19.8. The molecule has 1 atom stereocenters. The molecule has 2 aromatic rings. The molecule has 7 heteroatoms. The summed E-state index contributed by atoms with van der Waals surface area (Å²) in [5.74, 6) is -1.28. The maximum Gasteiger partial charge on any atom is 0.407 e. The van der Waals surface area contributed by atoms with E-state index in [1.807, 2.05) is 31.2 Å². The number of fused-ring (bicyclic) bond motifs is 4. The second-order valence-electron chi connectivity index (χ2n) is 11.1. The molecule has 7 rings (SSSR count). The van der Waals surface area contributed by atoms with Gasteiger partial charge in [-0.05, 0) is 59.3 Å². The average Bonchev–Trinajstić information content (AvgIpc) is 3.39. The van der Waals surface area contributed by atoms with Crippen molar-refractivity contribution >= 4 is 18.0 Å². The number of amides is 2. The van der Waals surface area contributed by atoms with Gasteiger partial charge in [-0.3, -0.25) is 4.79 Å². The van der Waals surface area contributed by atoms with Crippen LogP contribution in [-0.2, 0) is 14.3 Å².